The van der Waals surface area contributed by atoms with Crippen molar-refractivity contribution in [1.82, 2.24) is 0 Å². The van der Waals surface area contributed by atoms with Gasteiger partial charge >= 0.3 is 5.97 Å². The Morgan fingerprint density at radius 2 is 2.14 bits per heavy atom. The quantitative estimate of drug-likeness (QED) is 0.326. The molecule has 3 aliphatic rings. The van der Waals surface area contributed by atoms with Gasteiger partial charge in [0.15, 0.2) is 0 Å². The van der Waals surface area contributed by atoms with Crippen LogP contribution in [-0.4, -0.2) is 45.1 Å². The van der Waals surface area contributed by atoms with Crippen LogP contribution in [0.2, 0.25) is 0 Å². The first-order valence-electron chi connectivity index (χ1n) is 7.12. The summed E-state index contributed by atoms with van der Waals surface area (Å²) in [5.74, 6) is -0.239. The lowest BCUT2D eigenvalue weighted by molar-refractivity contribution is -0.142. The predicted octanol–water partition coefficient (Wildman–Crippen LogP) is 1.02. The van der Waals surface area contributed by atoms with Gasteiger partial charge in [0.2, 0.25) is 0 Å². The Morgan fingerprint density at radius 3 is 2.81 bits per heavy atom. The van der Waals surface area contributed by atoms with Crippen LogP contribution in [0.15, 0.2) is 12.2 Å². The van der Waals surface area contributed by atoms with Crippen LogP contribution in [-0.2, 0) is 28.6 Å². The highest BCUT2D eigenvalue weighted by atomic mass is 32.2. The number of carbonyl (C=O) groups is 1. The number of esters is 1. The van der Waals surface area contributed by atoms with E-state index < -0.39 is 22.2 Å². The molecule has 21 heavy (non-hydrogen) atoms. The van der Waals surface area contributed by atoms with Gasteiger partial charge in [-0.05, 0) is 25.7 Å². The molecule has 1 heterocycles. The molecule has 0 amide bonds. The third-order valence-corrected chi connectivity index (χ3v) is 6.83. The molecule has 0 radical (unpaired) electrons. The number of carbonyl (C=O) groups excluding carboxylic acids is 1. The van der Waals surface area contributed by atoms with E-state index in [-0.39, 0.29) is 35.9 Å². The Labute approximate surface area is 124 Å². The third-order valence-electron chi connectivity index (χ3n) is 4.93. The van der Waals surface area contributed by atoms with E-state index in [2.05, 4.69) is 6.58 Å². The Bertz CT molecular complexity index is 582. The van der Waals surface area contributed by atoms with E-state index in [1.54, 1.807) is 6.92 Å². The molecule has 0 aromatic rings. The Morgan fingerprint density at radius 1 is 1.43 bits per heavy atom. The smallest absolute Gasteiger partial charge is 0.333 e. The van der Waals surface area contributed by atoms with Crippen LogP contribution in [0.25, 0.3) is 0 Å². The largest absolute Gasteiger partial charge is 0.460 e. The van der Waals surface area contributed by atoms with E-state index in [0.717, 1.165) is 6.42 Å². The van der Waals surface area contributed by atoms with Crippen LogP contribution < -0.4 is 0 Å². The number of hydrogen-bond acceptors (Lipinski definition) is 6. The molecule has 0 aromatic carbocycles. The molecule has 0 N–H and O–H groups in total. The normalized spacial score (nSPS) is 42.2. The topological polar surface area (TPSA) is 78.9 Å². The SMILES string of the molecule is C=C(C)C(=O)OCCOC1C2CC3C(C)(C2)C1OS3(=O)=O. The van der Waals surface area contributed by atoms with E-state index in [1.807, 2.05) is 6.92 Å². The Kier molecular flexibility index (Phi) is 3.42. The Balaban J connectivity index is 1.57. The lowest BCUT2D eigenvalue weighted by Crippen LogP contribution is -2.42. The molecule has 118 valence electrons. The van der Waals surface area contributed by atoms with Gasteiger partial charge in [-0.15, -0.1) is 0 Å². The van der Waals surface area contributed by atoms with E-state index in [1.165, 1.54) is 0 Å². The van der Waals surface area contributed by atoms with Gasteiger partial charge in [0.25, 0.3) is 10.1 Å². The fourth-order valence-electron chi connectivity index (χ4n) is 3.99. The molecule has 5 unspecified atom stereocenters. The van der Waals surface area contributed by atoms with Crippen molar-refractivity contribution in [3.8, 4) is 0 Å². The maximum Gasteiger partial charge on any atom is 0.333 e. The van der Waals surface area contributed by atoms with Crippen LogP contribution in [0.5, 0.6) is 0 Å². The standard InChI is InChI=1S/C14H20O6S/c1-8(2)13(15)19-5-4-18-11-9-6-10-14(3,7-9)12(11)20-21(10,16)17/h9-12H,1,4-7H2,2-3H3. The summed E-state index contributed by atoms with van der Waals surface area (Å²) >= 11 is 0. The zero-order valence-corrected chi connectivity index (χ0v) is 13.0. The molecule has 0 aromatic heterocycles. The van der Waals surface area contributed by atoms with Gasteiger partial charge in [-0.1, -0.05) is 13.5 Å². The molecule has 1 saturated heterocycles. The molecule has 0 spiro atoms. The summed E-state index contributed by atoms with van der Waals surface area (Å²) in [5.41, 5.74) is 0.0122. The molecule has 6 nitrogen and oxygen atoms in total. The summed E-state index contributed by atoms with van der Waals surface area (Å²) in [4.78, 5) is 11.2. The molecule has 3 rings (SSSR count). The molecule has 3 fully saturated rings. The van der Waals surface area contributed by atoms with Gasteiger partial charge in [-0.3, -0.25) is 4.18 Å². The van der Waals surface area contributed by atoms with Crippen LogP contribution in [0.4, 0.5) is 0 Å². The van der Waals surface area contributed by atoms with Gasteiger partial charge < -0.3 is 9.47 Å². The highest BCUT2D eigenvalue weighted by Gasteiger charge is 2.71. The van der Waals surface area contributed by atoms with Crippen molar-refractivity contribution in [2.45, 2.75) is 44.1 Å². The molecule has 2 bridgehead atoms. The lowest BCUT2D eigenvalue weighted by atomic mass is 9.82. The van der Waals surface area contributed by atoms with Crippen LogP contribution in [0.3, 0.4) is 0 Å². The molecule has 5 atom stereocenters. The summed E-state index contributed by atoms with van der Waals surface area (Å²) in [5, 5.41) is -0.388. The number of rotatable bonds is 5. The second kappa shape index (κ2) is 4.79. The summed E-state index contributed by atoms with van der Waals surface area (Å²) in [6.45, 7) is 7.42. The van der Waals surface area contributed by atoms with Gasteiger partial charge in [-0.2, -0.15) is 8.42 Å². The zero-order chi connectivity index (χ0) is 15.4. The van der Waals surface area contributed by atoms with Crippen molar-refractivity contribution in [3.63, 3.8) is 0 Å². The van der Waals surface area contributed by atoms with Crippen molar-refractivity contribution >= 4 is 16.1 Å². The van der Waals surface area contributed by atoms with E-state index in [0.29, 0.717) is 12.0 Å². The minimum atomic E-state index is -3.45. The monoisotopic (exact) mass is 316 g/mol. The minimum Gasteiger partial charge on any atom is -0.460 e. The molecular weight excluding hydrogens is 296 g/mol. The number of fused-ring (bicyclic) bond motifs is 1. The zero-order valence-electron chi connectivity index (χ0n) is 12.2. The first-order valence-corrected chi connectivity index (χ1v) is 8.59. The maximum atomic E-state index is 12.0. The lowest BCUT2D eigenvalue weighted by Gasteiger charge is -2.30. The van der Waals surface area contributed by atoms with Gasteiger partial charge in [0.1, 0.15) is 12.7 Å². The van der Waals surface area contributed by atoms with E-state index in [9.17, 15) is 13.2 Å². The molecule has 7 heteroatoms. The maximum absolute atomic E-state index is 12.0. The molecular formula is C14H20O6S. The fourth-order valence-corrected chi connectivity index (χ4v) is 6.11. The van der Waals surface area contributed by atoms with Crippen LogP contribution >= 0.6 is 0 Å². The first-order chi connectivity index (χ1) is 9.75. The highest BCUT2D eigenvalue weighted by molar-refractivity contribution is 7.87. The Hall–Kier alpha value is -0.920. The molecule has 2 saturated carbocycles. The fraction of sp³-hybridized carbons (Fsp3) is 0.786. The van der Waals surface area contributed by atoms with Gasteiger partial charge in [-0.25, -0.2) is 4.79 Å². The van der Waals surface area contributed by atoms with Crippen LogP contribution in [0.1, 0.15) is 26.7 Å². The number of ether oxygens (including phenoxy) is 2. The highest BCUT2D eigenvalue weighted by Crippen LogP contribution is 2.62. The average Bonchev–Trinajstić information content (AvgIpc) is 2.89. The predicted molar refractivity (Wildman–Crippen MR) is 73.9 cm³/mol. The van der Waals surface area contributed by atoms with Crippen molar-refractivity contribution in [2.75, 3.05) is 13.2 Å². The second-order valence-corrected chi connectivity index (χ2v) is 8.20. The summed E-state index contributed by atoms with van der Waals surface area (Å²) in [6.07, 6.45) is 0.790. The summed E-state index contributed by atoms with van der Waals surface area (Å²) in [6, 6.07) is 0. The van der Waals surface area contributed by atoms with E-state index >= 15 is 0 Å². The van der Waals surface area contributed by atoms with E-state index in [4.69, 9.17) is 13.7 Å². The molecule has 1 aliphatic heterocycles. The third kappa shape index (κ3) is 2.22. The number of hydrogen-bond donors (Lipinski definition) is 0. The van der Waals surface area contributed by atoms with Crippen molar-refractivity contribution in [1.29, 1.82) is 0 Å². The average molecular weight is 316 g/mol. The molecule has 2 aliphatic carbocycles. The summed E-state index contributed by atoms with van der Waals surface area (Å²) < 4.78 is 39.9. The van der Waals surface area contributed by atoms with Crippen molar-refractivity contribution < 1.29 is 26.9 Å². The van der Waals surface area contributed by atoms with Crippen molar-refractivity contribution in [3.05, 3.63) is 12.2 Å². The second-order valence-electron chi connectivity index (χ2n) is 6.46. The van der Waals surface area contributed by atoms with Gasteiger partial charge in [0, 0.05) is 11.0 Å². The van der Waals surface area contributed by atoms with Gasteiger partial charge in [0.05, 0.1) is 18.0 Å². The van der Waals surface area contributed by atoms with Crippen LogP contribution in [0, 0.1) is 11.3 Å². The summed E-state index contributed by atoms with van der Waals surface area (Å²) in [7, 11) is -3.45. The first kappa shape index (κ1) is 15.0. The minimum absolute atomic E-state index is 0.133. The van der Waals surface area contributed by atoms with Crippen molar-refractivity contribution in [2.24, 2.45) is 11.3 Å².